The third kappa shape index (κ3) is 5.37. The van der Waals surface area contributed by atoms with Gasteiger partial charge in [-0.2, -0.15) is 0 Å². The maximum atomic E-state index is 12.4. The van der Waals surface area contributed by atoms with Crippen LogP contribution in [0, 0.1) is 0 Å². The van der Waals surface area contributed by atoms with Gasteiger partial charge in [0.25, 0.3) is 11.8 Å². The van der Waals surface area contributed by atoms with E-state index in [1.807, 2.05) is 0 Å². The van der Waals surface area contributed by atoms with Crippen LogP contribution in [-0.4, -0.2) is 18.4 Å². The predicted octanol–water partition coefficient (Wildman–Crippen LogP) is 4.64. The molecule has 1 aromatic heterocycles. The molecule has 2 aromatic carbocycles. The fourth-order valence-electron chi connectivity index (χ4n) is 2.39. The highest BCUT2D eigenvalue weighted by molar-refractivity contribution is 9.10. The van der Waals surface area contributed by atoms with Gasteiger partial charge in [-0.15, -0.1) is 0 Å². The minimum Gasteiger partial charge on any atom is -0.482 e. The number of furan rings is 1. The largest absolute Gasteiger partial charge is 0.482 e. The summed E-state index contributed by atoms with van der Waals surface area (Å²) in [4.78, 5) is 24.7. The summed E-state index contributed by atoms with van der Waals surface area (Å²) in [6.07, 6.45) is 1.54. The van der Waals surface area contributed by atoms with Crippen LogP contribution in [0.25, 0.3) is 0 Å². The third-order valence-corrected chi connectivity index (χ3v) is 4.49. The second-order valence-corrected chi connectivity index (χ2v) is 7.04. The number of amides is 2. The molecule has 3 aromatic rings. The van der Waals surface area contributed by atoms with Crippen molar-refractivity contribution < 1.29 is 18.7 Å². The number of nitrogens with one attached hydrogen (secondary N) is 2. The summed E-state index contributed by atoms with van der Waals surface area (Å²) >= 11 is 9.37. The molecular formula is C20H16BrClN2O4. The Labute approximate surface area is 175 Å². The second kappa shape index (κ2) is 9.43. The van der Waals surface area contributed by atoms with E-state index in [1.165, 1.54) is 6.26 Å². The van der Waals surface area contributed by atoms with Crippen LogP contribution in [0.4, 0.5) is 5.69 Å². The van der Waals surface area contributed by atoms with Crippen molar-refractivity contribution in [2.24, 2.45) is 0 Å². The molecule has 2 N–H and O–H groups in total. The molecule has 0 fully saturated rings. The van der Waals surface area contributed by atoms with Gasteiger partial charge in [-0.1, -0.05) is 39.7 Å². The van der Waals surface area contributed by atoms with Gasteiger partial charge in [-0.05, 0) is 42.5 Å². The van der Waals surface area contributed by atoms with Gasteiger partial charge >= 0.3 is 0 Å². The molecule has 0 bridgehead atoms. The van der Waals surface area contributed by atoms with E-state index >= 15 is 0 Å². The molecule has 28 heavy (non-hydrogen) atoms. The van der Waals surface area contributed by atoms with Crippen LogP contribution >= 0.6 is 27.5 Å². The molecule has 3 rings (SSSR count). The smallest absolute Gasteiger partial charge is 0.262 e. The van der Waals surface area contributed by atoms with Crippen LogP contribution in [0.2, 0.25) is 5.02 Å². The van der Waals surface area contributed by atoms with Gasteiger partial charge in [0.15, 0.2) is 6.61 Å². The first-order valence-corrected chi connectivity index (χ1v) is 9.47. The number of carbonyl (C=O) groups excluding carboxylic acids is 2. The molecular weight excluding hydrogens is 448 g/mol. The number of anilines is 1. The van der Waals surface area contributed by atoms with Crippen molar-refractivity contribution >= 4 is 45.0 Å². The van der Waals surface area contributed by atoms with Gasteiger partial charge < -0.3 is 19.8 Å². The molecule has 0 aliphatic rings. The van der Waals surface area contributed by atoms with Crippen molar-refractivity contribution in [3.63, 3.8) is 0 Å². The maximum Gasteiger partial charge on any atom is 0.262 e. The summed E-state index contributed by atoms with van der Waals surface area (Å²) in [6, 6.07) is 15.3. The van der Waals surface area contributed by atoms with Gasteiger partial charge in [0.1, 0.15) is 11.5 Å². The summed E-state index contributed by atoms with van der Waals surface area (Å²) in [5.74, 6) is 0.286. The molecule has 144 valence electrons. The van der Waals surface area contributed by atoms with Crippen molar-refractivity contribution in [2.45, 2.75) is 6.54 Å². The standard InChI is InChI=1S/C20H16BrClN2O4/c21-13-7-8-18(16(22)10-13)28-12-19(25)24-17-6-2-1-5-15(17)20(26)23-11-14-4-3-9-27-14/h1-10H,11-12H2,(H,23,26)(H,24,25). The SMILES string of the molecule is O=C(COc1ccc(Br)cc1Cl)Nc1ccccc1C(=O)NCc1ccco1. The minimum atomic E-state index is -0.412. The van der Waals surface area contributed by atoms with E-state index in [-0.39, 0.29) is 19.1 Å². The summed E-state index contributed by atoms with van der Waals surface area (Å²) < 4.78 is 11.4. The summed E-state index contributed by atoms with van der Waals surface area (Å²) in [5, 5.41) is 5.82. The van der Waals surface area contributed by atoms with E-state index in [9.17, 15) is 9.59 Å². The number of hydrogen-bond donors (Lipinski definition) is 2. The highest BCUT2D eigenvalue weighted by atomic mass is 79.9. The molecule has 6 nitrogen and oxygen atoms in total. The van der Waals surface area contributed by atoms with Gasteiger partial charge in [0.05, 0.1) is 29.1 Å². The summed E-state index contributed by atoms with van der Waals surface area (Å²) in [5.41, 5.74) is 0.721. The Morgan fingerprint density at radius 3 is 2.68 bits per heavy atom. The molecule has 0 saturated carbocycles. The van der Waals surface area contributed by atoms with Crippen LogP contribution in [0.15, 0.2) is 69.8 Å². The van der Waals surface area contributed by atoms with Crippen LogP contribution in [0.3, 0.4) is 0 Å². The molecule has 1 heterocycles. The lowest BCUT2D eigenvalue weighted by Crippen LogP contribution is -2.26. The number of ether oxygens (including phenoxy) is 1. The number of benzene rings is 2. The molecule has 0 atom stereocenters. The fourth-order valence-corrected chi connectivity index (χ4v) is 3.12. The Hall–Kier alpha value is -2.77. The average Bonchev–Trinajstić information content (AvgIpc) is 3.19. The molecule has 0 aliphatic carbocycles. The van der Waals surface area contributed by atoms with Gasteiger partial charge in [-0.3, -0.25) is 9.59 Å². The normalized spacial score (nSPS) is 10.4. The predicted molar refractivity (Wildman–Crippen MR) is 110 cm³/mol. The molecule has 0 saturated heterocycles. The second-order valence-electron chi connectivity index (χ2n) is 5.72. The van der Waals surface area contributed by atoms with Crippen molar-refractivity contribution in [3.8, 4) is 5.75 Å². The summed E-state index contributed by atoms with van der Waals surface area (Å²) in [6.45, 7) is 0.00297. The Morgan fingerprint density at radius 1 is 1.11 bits per heavy atom. The molecule has 0 aliphatic heterocycles. The molecule has 8 heteroatoms. The lowest BCUT2D eigenvalue weighted by atomic mass is 10.1. The summed E-state index contributed by atoms with van der Waals surface area (Å²) in [7, 11) is 0. The molecule has 0 spiro atoms. The van der Waals surface area contributed by atoms with Crippen LogP contribution in [0.1, 0.15) is 16.1 Å². The van der Waals surface area contributed by atoms with E-state index in [1.54, 1.807) is 54.6 Å². The Morgan fingerprint density at radius 2 is 1.93 bits per heavy atom. The number of hydrogen-bond acceptors (Lipinski definition) is 4. The first kappa shape index (κ1) is 20.0. The topological polar surface area (TPSA) is 80.6 Å². The van der Waals surface area contributed by atoms with Gasteiger partial charge in [-0.25, -0.2) is 0 Å². The first-order chi connectivity index (χ1) is 13.5. The Bertz CT molecular complexity index is 976. The minimum absolute atomic E-state index is 0.246. The van der Waals surface area contributed by atoms with Crippen molar-refractivity contribution in [1.29, 1.82) is 0 Å². The zero-order chi connectivity index (χ0) is 19.9. The molecule has 2 amide bonds. The van der Waals surface area contributed by atoms with E-state index in [0.29, 0.717) is 27.8 Å². The first-order valence-electron chi connectivity index (χ1n) is 8.30. The molecule has 0 unspecified atom stereocenters. The Kier molecular flexibility index (Phi) is 6.73. The zero-order valence-corrected chi connectivity index (χ0v) is 16.9. The van der Waals surface area contributed by atoms with Crippen molar-refractivity contribution in [2.75, 3.05) is 11.9 Å². The van der Waals surface area contributed by atoms with E-state index in [2.05, 4.69) is 26.6 Å². The quantitative estimate of drug-likeness (QED) is 0.535. The van der Waals surface area contributed by atoms with Crippen LogP contribution in [-0.2, 0) is 11.3 Å². The third-order valence-electron chi connectivity index (χ3n) is 3.70. The highest BCUT2D eigenvalue weighted by Crippen LogP contribution is 2.27. The maximum absolute atomic E-state index is 12.4. The lowest BCUT2D eigenvalue weighted by molar-refractivity contribution is -0.118. The van der Waals surface area contributed by atoms with Gasteiger partial charge in [0.2, 0.25) is 0 Å². The Balaban J connectivity index is 1.60. The lowest BCUT2D eigenvalue weighted by Gasteiger charge is -2.12. The number of halogens is 2. The van der Waals surface area contributed by atoms with E-state index in [4.69, 9.17) is 20.8 Å². The number of para-hydroxylation sites is 1. The van der Waals surface area contributed by atoms with Crippen molar-refractivity contribution in [1.82, 2.24) is 5.32 Å². The average molecular weight is 464 g/mol. The fraction of sp³-hybridized carbons (Fsp3) is 0.100. The molecule has 0 radical (unpaired) electrons. The zero-order valence-electron chi connectivity index (χ0n) is 14.6. The van der Waals surface area contributed by atoms with E-state index in [0.717, 1.165) is 4.47 Å². The number of rotatable bonds is 7. The van der Waals surface area contributed by atoms with Gasteiger partial charge in [0, 0.05) is 4.47 Å². The highest BCUT2D eigenvalue weighted by Gasteiger charge is 2.14. The van der Waals surface area contributed by atoms with E-state index < -0.39 is 5.91 Å². The number of carbonyl (C=O) groups is 2. The van der Waals surface area contributed by atoms with Crippen LogP contribution < -0.4 is 15.4 Å². The monoisotopic (exact) mass is 462 g/mol. The van der Waals surface area contributed by atoms with Crippen LogP contribution in [0.5, 0.6) is 5.75 Å². The van der Waals surface area contributed by atoms with Crippen molar-refractivity contribution in [3.05, 3.63) is 81.7 Å².